The second-order valence-electron chi connectivity index (χ2n) is 13.5. The smallest absolute Gasteiger partial charge is 0.339 e. The molecule has 0 spiro atoms. The maximum absolute atomic E-state index is 12.4. The van der Waals surface area contributed by atoms with Crippen LogP contribution < -0.4 is 20.9 Å². The summed E-state index contributed by atoms with van der Waals surface area (Å²) in [5, 5.41) is 9.38. The van der Waals surface area contributed by atoms with Crippen LogP contribution in [0.25, 0.3) is 45.1 Å². The van der Waals surface area contributed by atoms with Crippen molar-refractivity contribution in [3.05, 3.63) is 164 Å². The van der Waals surface area contributed by atoms with Crippen molar-refractivity contribution < 1.29 is 24.2 Å². The number of aromatic nitrogens is 8. The zero-order valence-corrected chi connectivity index (χ0v) is 33.5. The van der Waals surface area contributed by atoms with E-state index in [0.717, 1.165) is 17.4 Å². The van der Waals surface area contributed by atoms with Crippen molar-refractivity contribution >= 4 is 34.8 Å². The van der Waals surface area contributed by atoms with E-state index < -0.39 is 5.97 Å². The van der Waals surface area contributed by atoms with Gasteiger partial charge in [-0.2, -0.15) is 0 Å². The third kappa shape index (κ3) is 9.59. The van der Waals surface area contributed by atoms with Crippen LogP contribution in [0.2, 0.25) is 0 Å². The van der Waals surface area contributed by atoms with Gasteiger partial charge in [0.05, 0.1) is 56.7 Å². The van der Waals surface area contributed by atoms with E-state index >= 15 is 0 Å². The van der Waals surface area contributed by atoms with E-state index in [1.54, 1.807) is 41.1 Å². The highest BCUT2D eigenvalue weighted by Crippen LogP contribution is 2.27. The lowest BCUT2D eigenvalue weighted by Gasteiger charge is -2.08. The molecule has 304 valence electrons. The summed E-state index contributed by atoms with van der Waals surface area (Å²) < 4.78 is 13.3. The number of allylic oxidation sites excluding steroid dienone is 2. The number of aromatic carboxylic acids is 1. The number of aldehydes is 1. The third-order valence-electron chi connectivity index (χ3n) is 9.28. The summed E-state index contributed by atoms with van der Waals surface area (Å²) in [5.41, 5.74) is 7.15. The molecule has 60 heavy (non-hydrogen) atoms. The molecule has 0 aliphatic heterocycles. The number of imidazole rings is 2. The van der Waals surface area contributed by atoms with E-state index in [2.05, 4.69) is 49.8 Å². The van der Waals surface area contributed by atoms with Crippen LogP contribution in [0.5, 0.6) is 11.5 Å². The first-order chi connectivity index (χ1) is 29.0. The highest BCUT2D eigenvalue weighted by atomic mass is 16.5. The number of carboxylic acids is 1. The molecule has 0 aliphatic carbocycles. The number of hydrogen-bond acceptors (Lipinski definition) is 10. The lowest BCUT2D eigenvalue weighted by molar-refractivity contribution is 0.0693. The number of H-pyrrole nitrogens is 2. The van der Waals surface area contributed by atoms with Crippen LogP contribution in [0.3, 0.4) is 0 Å². The molecule has 0 aliphatic rings. The van der Waals surface area contributed by atoms with E-state index in [4.69, 9.17) is 9.47 Å². The van der Waals surface area contributed by atoms with Crippen LogP contribution in [-0.2, 0) is 13.1 Å². The largest absolute Gasteiger partial charge is 0.496 e. The lowest BCUT2D eigenvalue weighted by Crippen LogP contribution is -2.17. The molecule has 0 radical (unpaired) electrons. The topological polar surface area (TPSA) is 200 Å². The Morgan fingerprint density at radius 2 is 1.15 bits per heavy atom. The van der Waals surface area contributed by atoms with Gasteiger partial charge in [-0.25, -0.2) is 34.3 Å². The Hall–Kier alpha value is -7.94. The predicted molar refractivity (Wildman–Crippen MR) is 229 cm³/mol. The van der Waals surface area contributed by atoms with Crippen LogP contribution in [0.1, 0.15) is 52.6 Å². The van der Waals surface area contributed by atoms with Gasteiger partial charge < -0.3 is 14.6 Å². The Morgan fingerprint density at radius 1 is 0.700 bits per heavy atom. The molecular formula is C45H42N8O7. The molecule has 0 bridgehead atoms. The maximum atomic E-state index is 12.4. The Bertz CT molecular complexity index is 2930. The zero-order chi connectivity index (χ0) is 42.8. The molecule has 0 atom stereocenters. The monoisotopic (exact) mass is 806 g/mol. The molecule has 0 saturated heterocycles. The maximum Gasteiger partial charge on any atom is 0.339 e. The highest BCUT2D eigenvalue weighted by molar-refractivity contribution is 5.92. The van der Waals surface area contributed by atoms with Gasteiger partial charge in [-0.3, -0.25) is 23.9 Å². The first-order valence-corrected chi connectivity index (χ1v) is 18.7. The van der Waals surface area contributed by atoms with Crippen LogP contribution >= 0.6 is 0 Å². The minimum atomic E-state index is -1.10. The summed E-state index contributed by atoms with van der Waals surface area (Å²) in [5.74, 6) is -0.353. The highest BCUT2D eigenvalue weighted by Gasteiger charge is 2.17. The van der Waals surface area contributed by atoms with E-state index in [9.17, 15) is 24.3 Å². The van der Waals surface area contributed by atoms with Gasteiger partial charge in [-0.15, -0.1) is 0 Å². The van der Waals surface area contributed by atoms with Gasteiger partial charge in [0.15, 0.2) is 28.9 Å². The number of fused-ring (bicyclic) bond motifs is 2. The third-order valence-corrected chi connectivity index (χ3v) is 9.28. The van der Waals surface area contributed by atoms with Gasteiger partial charge in [0.1, 0.15) is 17.1 Å². The minimum absolute atomic E-state index is 0.0256. The average Bonchev–Trinajstić information content (AvgIpc) is 3.76. The fourth-order valence-electron chi connectivity index (χ4n) is 5.97. The molecule has 4 aromatic heterocycles. The number of hydrogen-bond donors (Lipinski definition) is 3. The Labute approximate surface area is 343 Å². The van der Waals surface area contributed by atoms with Crippen molar-refractivity contribution in [3.63, 3.8) is 0 Å². The molecule has 0 unspecified atom stereocenters. The number of ether oxygens (including phenoxy) is 2. The van der Waals surface area contributed by atoms with E-state index in [0.29, 0.717) is 69.5 Å². The number of nitrogens with zero attached hydrogens (tertiary/aromatic N) is 6. The van der Waals surface area contributed by atoms with Crippen LogP contribution in [0.15, 0.2) is 131 Å². The summed E-state index contributed by atoms with van der Waals surface area (Å²) in [6.45, 7) is 6.94. The molecule has 15 heteroatoms. The summed E-state index contributed by atoms with van der Waals surface area (Å²) in [4.78, 5) is 70.6. The van der Waals surface area contributed by atoms with Gasteiger partial charge in [-0.05, 0) is 68.3 Å². The minimum Gasteiger partial charge on any atom is -0.496 e. The molecule has 3 N–H and O–H groups in total. The Balaban J connectivity index is 0.000000181. The Morgan fingerprint density at radius 3 is 1.57 bits per heavy atom. The molecule has 8 aromatic rings. The molecule has 8 rings (SSSR count). The standard InChI is InChI=1S/C20H16N4O4.C20H16N4O3.C5H10/c1-28-16-8-7-13(9-14(16)19(25)26)15-10-21-17-18(22-15)24(20(27)23-17)11-12-5-3-2-4-6-12;1-27-17-8-7-14(9-15(17)12-25)16-10-21-18-19(22-16)24(20(26)23-18)11-13-5-3-2-4-6-13;1-4-5(2)3/h2-10H,11H2,1H3,(H,25,26)(H,21,23,27);2-10,12H,11H2,1H3,(H,21,23,26);4H,1-3H3. The van der Waals surface area contributed by atoms with E-state index in [-0.39, 0.29) is 22.7 Å². The normalized spacial score (nSPS) is 10.6. The summed E-state index contributed by atoms with van der Waals surface area (Å²) in [6, 6.07) is 29.2. The SMILES string of the molecule is CC=C(C)C.COc1ccc(-c2cnc3[nH]c(=O)n(Cc4ccccc4)c3n2)cc1C(=O)O.COc1ccc(-c2cnc3[nH]c(=O)n(Cc4ccccc4)c3n2)cc1C=O. The number of methoxy groups -OCH3 is 2. The Kier molecular flexibility index (Phi) is 13.2. The number of carbonyl (C=O) groups is 2. The van der Waals surface area contributed by atoms with Crippen LogP contribution in [-0.4, -0.2) is 70.6 Å². The molecule has 0 saturated carbocycles. The zero-order valence-electron chi connectivity index (χ0n) is 33.5. The number of benzene rings is 4. The number of nitrogens with one attached hydrogen (secondary N) is 2. The lowest BCUT2D eigenvalue weighted by atomic mass is 10.1. The number of aromatic amines is 2. The van der Waals surface area contributed by atoms with Crippen molar-refractivity contribution in [2.45, 2.75) is 33.9 Å². The summed E-state index contributed by atoms with van der Waals surface area (Å²) in [6.07, 6.45) is 5.88. The quantitative estimate of drug-likeness (QED) is 0.0935. The first-order valence-electron chi connectivity index (χ1n) is 18.7. The molecule has 0 fully saturated rings. The van der Waals surface area contributed by atoms with E-state index in [1.165, 1.54) is 36.6 Å². The molecule has 4 heterocycles. The second kappa shape index (κ2) is 19.0. The number of carboxylic acid groups (broad SMARTS) is 1. The first kappa shape index (κ1) is 41.7. The van der Waals surface area contributed by atoms with Crippen molar-refractivity contribution in [2.75, 3.05) is 14.2 Å². The number of rotatable bonds is 10. The van der Waals surface area contributed by atoms with Gasteiger partial charge in [0.2, 0.25) is 0 Å². The van der Waals surface area contributed by atoms with Crippen molar-refractivity contribution in [1.82, 2.24) is 39.0 Å². The van der Waals surface area contributed by atoms with Crippen molar-refractivity contribution in [3.8, 4) is 34.0 Å². The van der Waals surface area contributed by atoms with Crippen LogP contribution in [0.4, 0.5) is 0 Å². The molecule has 0 amide bonds. The fourth-order valence-corrected chi connectivity index (χ4v) is 5.97. The van der Waals surface area contributed by atoms with Gasteiger partial charge in [0, 0.05) is 11.1 Å². The molecule has 15 nitrogen and oxygen atoms in total. The fraction of sp³-hybridized carbons (Fsp3) is 0.156. The molecule has 4 aromatic carbocycles. The van der Waals surface area contributed by atoms with Crippen molar-refractivity contribution in [1.29, 1.82) is 0 Å². The average molecular weight is 807 g/mol. The van der Waals surface area contributed by atoms with Gasteiger partial charge in [0.25, 0.3) is 0 Å². The predicted octanol–water partition coefficient (Wildman–Crippen LogP) is 7.17. The summed E-state index contributed by atoms with van der Waals surface area (Å²) in [7, 11) is 2.92. The van der Waals surface area contributed by atoms with Crippen molar-refractivity contribution in [2.24, 2.45) is 0 Å². The molecular weight excluding hydrogens is 765 g/mol. The summed E-state index contributed by atoms with van der Waals surface area (Å²) >= 11 is 0. The van der Waals surface area contributed by atoms with Crippen LogP contribution in [0, 0.1) is 0 Å². The second-order valence-corrected chi connectivity index (χ2v) is 13.5. The van der Waals surface area contributed by atoms with Gasteiger partial charge >= 0.3 is 17.3 Å². The van der Waals surface area contributed by atoms with Gasteiger partial charge in [-0.1, -0.05) is 72.3 Å². The van der Waals surface area contributed by atoms with E-state index in [1.807, 2.05) is 67.6 Å². The number of carbonyl (C=O) groups excluding carboxylic acids is 1.